The van der Waals surface area contributed by atoms with Gasteiger partial charge >= 0.3 is 12.1 Å². The van der Waals surface area contributed by atoms with Crippen molar-refractivity contribution in [3.8, 4) is 0 Å². The van der Waals surface area contributed by atoms with Crippen LogP contribution in [0.15, 0.2) is 12.1 Å². The molecule has 0 bridgehead atoms. The van der Waals surface area contributed by atoms with E-state index in [9.17, 15) is 18.0 Å². The van der Waals surface area contributed by atoms with Crippen molar-refractivity contribution < 1.29 is 23.1 Å². The zero-order valence-electron chi connectivity index (χ0n) is 6.90. The van der Waals surface area contributed by atoms with Gasteiger partial charge in [-0.1, -0.05) is 23.2 Å². The fourth-order valence-electron chi connectivity index (χ4n) is 0.908. The van der Waals surface area contributed by atoms with E-state index in [0.717, 1.165) is 0 Å². The van der Waals surface area contributed by atoms with Gasteiger partial charge in [-0.25, -0.2) is 4.79 Å². The summed E-state index contributed by atoms with van der Waals surface area (Å²) in [5, 5.41) is 7.72. The van der Waals surface area contributed by atoms with Crippen molar-refractivity contribution in [3.63, 3.8) is 0 Å². The third-order valence-electron chi connectivity index (χ3n) is 1.59. The van der Waals surface area contributed by atoms with E-state index in [4.69, 9.17) is 28.3 Å². The Kier molecular flexibility index (Phi) is 3.16. The molecule has 0 atom stereocenters. The summed E-state index contributed by atoms with van der Waals surface area (Å²) in [5.74, 6) is -1.56. The molecule has 0 aromatic heterocycles. The van der Waals surface area contributed by atoms with Crippen LogP contribution >= 0.6 is 23.2 Å². The van der Waals surface area contributed by atoms with E-state index >= 15 is 0 Å². The first kappa shape index (κ1) is 12.1. The van der Waals surface area contributed by atoms with Crippen molar-refractivity contribution in [3.05, 3.63) is 33.3 Å². The van der Waals surface area contributed by atoms with Crippen LogP contribution in [0.4, 0.5) is 13.2 Å². The van der Waals surface area contributed by atoms with Crippen LogP contribution in [0.3, 0.4) is 0 Å². The van der Waals surface area contributed by atoms with Gasteiger partial charge in [0.1, 0.15) is 0 Å². The highest BCUT2D eigenvalue weighted by molar-refractivity contribution is 6.43. The molecule has 1 aromatic carbocycles. The van der Waals surface area contributed by atoms with E-state index in [0.29, 0.717) is 12.1 Å². The summed E-state index contributed by atoms with van der Waals surface area (Å²) < 4.78 is 36.7. The maximum Gasteiger partial charge on any atom is 0.416 e. The number of carboxylic acids is 1. The average Bonchev–Trinajstić information content (AvgIpc) is 2.06. The molecule has 15 heavy (non-hydrogen) atoms. The van der Waals surface area contributed by atoms with E-state index in [1.165, 1.54) is 0 Å². The quantitative estimate of drug-likeness (QED) is 0.834. The number of hydrogen-bond donors (Lipinski definition) is 1. The topological polar surface area (TPSA) is 37.3 Å². The lowest BCUT2D eigenvalue weighted by atomic mass is 10.1. The molecule has 0 radical (unpaired) electrons. The molecule has 0 aliphatic heterocycles. The fourth-order valence-corrected chi connectivity index (χ4v) is 1.32. The summed E-state index contributed by atoms with van der Waals surface area (Å²) in [6.45, 7) is 0. The average molecular weight is 259 g/mol. The van der Waals surface area contributed by atoms with Gasteiger partial charge in [-0.2, -0.15) is 13.2 Å². The minimum Gasteiger partial charge on any atom is -0.478 e. The lowest BCUT2D eigenvalue weighted by Crippen LogP contribution is -2.08. The number of carbonyl (C=O) groups is 1. The zero-order chi connectivity index (χ0) is 11.8. The minimum atomic E-state index is -4.65. The highest BCUT2D eigenvalue weighted by atomic mass is 35.5. The van der Waals surface area contributed by atoms with Crippen molar-refractivity contribution in [2.75, 3.05) is 0 Å². The van der Waals surface area contributed by atoms with Crippen LogP contribution in [-0.4, -0.2) is 11.1 Å². The monoisotopic (exact) mass is 258 g/mol. The molecule has 1 N–H and O–H groups in total. The second-order valence-electron chi connectivity index (χ2n) is 2.62. The Labute approximate surface area is 92.2 Å². The van der Waals surface area contributed by atoms with E-state index in [1.54, 1.807) is 0 Å². The first-order chi connectivity index (χ1) is 6.73. The molecule has 82 valence electrons. The van der Waals surface area contributed by atoms with E-state index in [2.05, 4.69) is 0 Å². The van der Waals surface area contributed by atoms with Gasteiger partial charge in [0.05, 0.1) is 21.2 Å². The Morgan fingerprint density at radius 1 is 1.27 bits per heavy atom. The zero-order valence-corrected chi connectivity index (χ0v) is 8.41. The van der Waals surface area contributed by atoms with Gasteiger partial charge in [0.2, 0.25) is 0 Å². The predicted octanol–water partition coefficient (Wildman–Crippen LogP) is 3.71. The molecular weight excluding hydrogens is 256 g/mol. The maximum atomic E-state index is 12.2. The van der Waals surface area contributed by atoms with Gasteiger partial charge in [-0.15, -0.1) is 0 Å². The standard InChI is InChI=1S/C8H3Cl2F3O2/c9-5-2-3(8(11,12)13)1-4(6(5)10)7(14)15/h1-2H,(H,14,15). The number of rotatable bonds is 1. The maximum absolute atomic E-state index is 12.2. The van der Waals surface area contributed by atoms with Gasteiger partial charge in [0, 0.05) is 0 Å². The Balaban J connectivity index is 3.43. The molecule has 0 saturated carbocycles. The molecule has 0 heterocycles. The molecule has 0 saturated heterocycles. The molecule has 0 aliphatic rings. The molecule has 7 heteroatoms. The number of carboxylic acid groups (broad SMARTS) is 1. The molecule has 1 rings (SSSR count). The van der Waals surface area contributed by atoms with Crippen LogP contribution in [0.5, 0.6) is 0 Å². The molecular formula is C8H3Cl2F3O2. The first-order valence-corrected chi connectivity index (χ1v) is 4.28. The molecule has 2 nitrogen and oxygen atoms in total. The van der Waals surface area contributed by atoms with Gasteiger partial charge in [0.15, 0.2) is 0 Å². The van der Waals surface area contributed by atoms with Crippen LogP contribution in [0, 0.1) is 0 Å². The molecule has 0 aliphatic carbocycles. The van der Waals surface area contributed by atoms with Crippen LogP contribution in [0.2, 0.25) is 10.0 Å². The van der Waals surface area contributed by atoms with Crippen molar-refractivity contribution in [2.45, 2.75) is 6.18 Å². The van der Waals surface area contributed by atoms with Crippen molar-refractivity contribution in [1.82, 2.24) is 0 Å². The molecule has 0 fully saturated rings. The van der Waals surface area contributed by atoms with Crippen LogP contribution in [0.25, 0.3) is 0 Å². The second-order valence-corrected chi connectivity index (χ2v) is 3.41. The molecule has 0 spiro atoms. The van der Waals surface area contributed by atoms with Gasteiger partial charge in [-0.05, 0) is 12.1 Å². The number of benzene rings is 1. The Morgan fingerprint density at radius 2 is 1.80 bits per heavy atom. The summed E-state index contributed by atoms with van der Waals surface area (Å²) in [7, 11) is 0. The Hall–Kier alpha value is -0.940. The van der Waals surface area contributed by atoms with Crippen molar-refractivity contribution in [2.24, 2.45) is 0 Å². The summed E-state index contributed by atoms with van der Waals surface area (Å²) in [5.41, 5.74) is -1.81. The number of hydrogen-bond acceptors (Lipinski definition) is 1. The van der Waals surface area contributed by atoms with E-state index in [-0.39, 0.29) is 0 Å². The summed E-state index contributed by atoms with van der Waals surface area (Å²) in [6.07, 6.45) is -4.65. The first-order valence-electron chi connectivity index (χ1n) is 3.53. The SMILES string of the molecule is O=C(O)c1cc(C(F)(F)F)cc(Cl)c1Cl. The Morgan fingerprint density at radius 3 is 2.20 bits per heavy atom. The second kappa shape index (κ2) is 3.90. The third-order valence-corrected chi connectivity index (χ3v) is 2.39. The van der Waals surface area contributed by atoms with E-state index < -0.39 is 33.3 Å². The highest BCUT2D eigenvalue weighted by Gasteiger charge is 2.32. The third kappa shape index (κ3) is 2.54. The van der Waals surface area contributed by atoms with Crippen molar-refractivity contribution >= 4 is 29.2 Å². The smallest absolute Gasteiger partial charge is 0.416 e. The van der Waals surface area contributed by atoms with Gasteiger partial charge in [-0.3, -0.25) is 0 Å². The molecule has 0 unspecified atom stereocenters. The number of aromatic carboxylic acids is 1. The minimum absolute atomic E-state index is 0.405. The number of halogens is 5. The summed E-state index contributed by atoms with van der Waals surface area (Å²) in [4.78, 5) is 10.5. The molecule has 0 amide bonds. The van der Waals surface area contributed by atoms with E-state index in [1.807, 2.05) is 0 Å². The largest absolute Gasteiger partial charge is 0.478 e. The van der Waals surface area contributed by atoms with Crippen LogP contribution in [-0.2, 0) is 6.18 Å². The molecule has 1 aromatic rings. The lowest BCUT2D eigenvalue weighted by molar-refractivity contribution is -0.137. The van der Waals surface area contributed by atoms with Gasteiger partial charge in [0.25, 0.3) is 0 Å². The van der Waals surface area contributed by atoms with Crippen LogP contribution < -0.4 is 0 Å². The lowest BCUT2D eigenvalue weighted by Gasteiger charge is -2.09. The summed E-state index contributed by atoms with van der Waals surface area (Å²) >= 11 is 10.8. The summed E-state index contributed by atoms with van der Waals surface area (Å²) in [6, 6.07) is 1.02. The highest BCUT2D eigenvalue weighted by Crippen LogP contribution is 2.35. The normalized spacial score (nSPS) is 11.5. The Bertz CT molecular complexity index is 415. The van der Waals surface area contributed by atoms with Crippen molar-refractivity contribution in [1.29, 1.82) is 0 Å². The number of alkyl halides is 3. The predicted molar refractivity (Wildman–Crippen MR) is 48.4 cm³/mol. The van der Waals surface area contributed by atoms with Gasteiger partial charge < -0.3 is 5.11 Å². The fraction of sp³-hybridized carbons (Fsp3) is 0.125. The van der Waals surface area contributed by atoms with Crippen LogP contribution in [0.1, 0.15) is 15.9 Å².